The molecule has 0 bridgehead atoms. The maximum Gasteiger partial charge on any atom is 0.352 e. The molecule has 0 unspecified atom stereocenters. The molecule has 0 aliphatic rings. The molecule has 0 rings (SSSR count). The molecule has 3 nitrogen and oxygen atoms in total. The third-order valence-electron chi connectivity index (χ3n) is 1.74. The Balaban J connectivity index is 4.76. The van der Waals surface area contributed by atoms with Crippen molar-refractivity contribution < 1.29 is 9.90 Å². The van der Waals surface area contributed by atoms with Crippen molar-refractivity contribution in [3.63, 3.8) is 0 Å². The molecule has 13 heavy (non-hydrogen) atoms. The highest BCUT2D eigenvalue weighted by Gasteiger charge is 2.11. The molecule has 72 valence electrons. The number of carbonyl (C=O) groups is 1. The number of hydrogen-bond acceptors (Lipinski definition) is 2. The average molecular weight is 181 g/mol. The SMILES string of the molecule is C=C/C=C(\C)N(C)/C(=C\C)C(=O)O. The minimum absolute atomic E-state index is 0.260. The lowest BCUT2D eigenvalue weighted by Gasteiger charge is -2.19. The molecule has 0 aromatic carbocycles. The molecular weight excluding hydrogens is 166 g/mol. The summed E-state index contributed by atoms with van der Waals surface area (Å²) in [6.07, 6.45) is 4.94. The minimum Gasteiger partial charge on any atom is -0.477 e. The van der Waals surface area contributed by atoms with Crippen LogP contribution in [0.15, 0.2) is 36.2 Å². The quantitative estimate of drug-likeness (QED) is 0.532. The van der Waals surface area contributed by atoms with Crippen molar-refractivity contribution in [1.82, 2.24) is 4.90 Å². The first-order valence-corrected chi connectivity index (χ1v) is 3.97. The molecule has 3 heteroatoms. The molecule has 0 aliphatic heterocycles. The summed E-state index contributed by atoms with van der Waals surface area (Å²) >= 11 is 0. The fourth-order valence-corrected chi connectivity index (χ4v) is 0.933. The van der Waals surface area contributed by atoms with Crippen molar-refractivity contribution >= 4 is 5.97 Å². The minimum atomic E-state index is -0.929. The van der Waals surface area contributed by atoms with Gasteiger partial charge in [-0.05, 0) is 19.9 Å². The molecule has 0 aromatic heterocycles. The third kappa shape index (κ3) is 3.15. The Bertz CT molecular complexity index is 264. The van der Waals surface area contributed by atoms with Crippen LogP contribution in [0.2, 0.25) is 0 Å². The van der Waals surface area contributed by atoms with E-state index in [0.29, 0.717) is 0 Å². The van der Waals surface area contributed by atoms with Crippen LogP contribution in [0, 0.1) is 0 Å². The van der Waals surface area contributed by atoms with Crippen LogP contribution in [-0.4, -0.2) is 23.0 Å². The van der Waals surface area contributed by atoms with E-state index in [4.69, 9.17) is 5.11 Å². The molecule has 0 aliphatic carbocycles. The van der Waals surface area contributed by atoms with Gasteiger partial charge in [-0.15, -0.1) is 0 Å². The highest BCUT2D eigenvalue weighted by molar-refractivity contribution is 5.86. The van der Waals surface area contributed by atoms with Gasteiger partial charge in [-0.2, -0.15) is 0 Å². The van der Waals surface area contributed by atoms with Gasteiger partial charge in [0.2, 0.25) is 0 Å². The van der Waals surface area contributed by atoms with E-state index >= 15 is 0 Å². The molecule has 0 aromatic rings. The van der Waals surface area contributed by atoms with Crippen LogP contribution < -0.4 is 0 Å². The number of rotatable bonds is 4. The summed E-state index contributed by atoms with van der Waals surface area (Å²) in [4.78, 5) is 12.3. The Hall–Kier alpha value is -1.51. The molecule has 0 radical (unpaired) electrons. The lowest BCUT2D eigenvalue weighted by molar-refractivity contribution is -0.134. The van der Waals surface area contributed by atoms with Gasteiger partial charge in [-0.1, -0.05) is 18.7 Å². The number of nitrogens with zero attached hydrogens (tertiary/aromatic N) is 1. The molecule has 0 saturated carbocycles. The smallest absolute Gasteiger partial charge is 0.352 e. The molecule has 0 heterocycles. The molecule has 0 saturated heterocycles. The summed E-state index contributed by atoms with van der Waals surface area (Å²) in [5.41, 5.74) is 1.10. The normalized spacial score (nSPS) is 12.5. The van der Waals surface area contributed by atoms with Crippen molar-refractivity contribution in [2.24, 2.45) is 0 Å². The Kier molecular flexibility index (Phi) is 4.59. The second-order valence-corrected chi connectivity index (χ2v) is 2.58. The topological polar surface area (TPSA) is 40.5 Å². The Morgan fingerprint density at radius 2 is 2.08 bits per heavy atom. The monoisotopic (exact) mass is 181 g/mol. The van der Waals surface area contributed by atoms with Crippen molar-refractivity contribution in [2.75, 3.05) is 7.05 Å². The number of carboxylic acids is 1. The Morgan fingerprint density at radius 3 is 2.38 bits per heavy atom. The molecule has 0 spiro atoms. The maximum atomic E-state index is 10.7. The predicted molar refractivity (Wildman–Crippen MR) is 53.1 cm³/mol. The fourth-order valence-electron chi connectivity index (χ4n) is 0.933. The summed E-state index contributed by atoms with van der Waals surface area (Å²) in [6.45, 7) is 7.07. The standard InChI is InChI=1S/C10H15NO2/c1-5-7-8(3)11(4)9(6-2)10(12)13/h5-7H,1H2,2-4H3,(H,12,13)/b8-7+,9-6-. The summed E-state index contributed by atoms with van der Waals surface area (Å²) in [5.74, 6) is -0.929. The third-order valence-corrected chi connectivity index (χ3v) is 1.74. The van der Waals surface area contributed by atoms with Crippen LogP contribution in [-0.2, 0) is 4.79 Å². The van der Waals surface area contributed by atoms with E-state index in [9.17, 15) is 4.79 Å². The van der Waals surface area contributed by atoms with Crippen molar-refractivity contribution in [3.8, 4) is 0 Å². The molecule has 0 amide bonds. The van der Waals surface area contributed by atoms with E-state index in [-0.39, 0.29) is 5.70 Å². The van der Waals surface area contributed by atoms with Crippen LogP contribution in [0.4, 0.5) is 0 Å². The van der Waals surface area contributed by atoms with E-state index in [1.165, 1.54) is 0 Å². The van der Waals surface area contributed by atoms with E-state index in [1.807, 2.05) is 6.92 Å². The average Bonchev–Trinajstić information content (AvgIpc) is 2.05. The van der Waals surface area contributed by atoms with Gasteiger partial charge in [-0.3, -0.25) is 0 Å². The van der Waals surface area contributed by atoms with Gasteiger partial charge in [0.25, 0.3) is 0 Å². The molecule has 0 atom stereocenters. The van der Waals surface area contributed by atoms with Gasteiger partial charge < -0.3 is 10.0 Å². The van der Waals surface area contributed by atoms with Crippen molar-refractivity contribution in [3.05, 3.63) is 36.2 Å². The summed E-state index contributed by atoms with van der Waals surface area (Å²) in [5, 5.41) is 8.80. The Morgan fingerprint density at radius 1 is 1.54 bits per heavy atom. The van der Waals surface area contributed by atoms with Gasteiger partial charge in [0.15, 0.2) is 0 Å². The van der Waals surface area contributed by atoms with Crippen LogP contribution in [0.3, 0.4) is 0 Å². The lowest BCUT2D eigenvalue weighted by Crippen LogP contribution is -2.21. The first-order valence-electron chi connectivity index (χ1n) is 3.97. The largest absolute Gasteiger partial charge is 0.477 e. The first kappa shape index (κ1) is 11.5. The second kappa shape index (κ2) is 5.19. The maximum absolute atomic E-state index is 10.7. The van der Waals surface area contributed by atoms with Gasteiger partial charge in [0.05, 0.1) is 0 Å². The van der Waals surface area contributed by atoms with Crippen LogP contribution in [0.5, 0.6) is 0 Å². The van der Waals surface area contributed by atoms with Gasteiger partial charge in [-0.25, -0.2) is 4.79 Å². The number of carboxylic acid groups (broad SMARTS) is 1. The van der Waals surface area contributed by atoms with E-state index < -0.39 is 5.97 Å². The van der Waals surface area contributed by atoms with E-state index in [0.717, 1.165) is 5.70 Å². The summed E-state index contributed by atoms with van der Waals surface area (Å²) in [7, 11) is 1.71. The van der Waals surface area contributed by atoms with Gasteiger partial charge in [0.1, 0.15) is 5.70 Å². The summed E-state index contributed by atoms with van der Waals surface area (Å²) in [6, 6.07) is 0. The van der Waals surface area contributed by atoms with E-state index in [1.54, 1.807) is 37.1 Å². The molecule has 1 N–H and O–H groups in total. The van der Waals surface area contributed by atoms with Gasteiger partial charge >= 0.3 is 5.97 Å². The number of allylic oxidation sites excluding steroid dienone is 4. The van der Waals surface area contributed by atoms with Gasteiger partial charge in [0, 0.05) is 12.7 Å². The fraction of sp³-hybridized carbons (Fsp3) is 0.300. The highest BCUT2D eigenvalue weighted by Crippen LogP contribution is 2.09. The predicted octanol–water partition coefficient (Wildman–Crippen LogP) is 2.00. The molecular formula is C10H15NO2. The number of aliphatic carboxylic acids is 1. The molecule has 0 fully saturated rings. The lowest BCUT2D eigenvalue weighted by atomic mass is 10.3. The second-order valence-electron chi connectivity index (χ2n) is 2.58. The number of hydrogen-bond donors (Lipinski definition) is 1. The Labute approximate surface area is 78.7 Å². The van der Waals surface area contributed by atoms with Crippen LogP contribution >= 0.6 is 0 Å². The van der Waals surface area contributed by atoms with Crippen LogP contribution in [0.25, 0.3) is 0 Å². The zero-order valence-electron chi connectivity index (χ0n) is 8.24. The zero-order valence-corrected chi connectivity index (χ0v) is 8.24. The summed E-state index contributed by atoms with van der Waals surface area (Å²) < 4.78 is 0. The highest BCUT2D eigenvalue weighted by atomic mass is 16.4. The van der Waals surface area contributed by atoms with E-state index in [2.05, 4.69) is 6.58 Å². The first-order chi connectivity index (χ1) is 6.04. The zero-order chi connectivity index (χ0) is 10.4. The van der Waals surface area contributed by atoms with Crippen molar-refractivity contribution in [2.45, 2.75) is 13.8 Å². The number of likely N-dealkylation sites (N-methyl/N-ethyl adjacent to an activating group) is 1. The van der Waals surface area contributed by atoms with Crippen LogP contribution in [0.1, 0.15) is 13.8 Å². The van der Waals surface area contributed by atoms with Crippen molar-refractivity contribution in [1.29, 1.82) is 0 Å².